The van der Waals surface area contributed by atoms with Gasteiger partial charge in [0.15, 0.2) is 0 Å². The van der Waals surface area contributed by atoms with Crippen molar-refractivity contribution in [2.45, 2.75) is 26.8 Å². The van der Waals surface area contributed by atoms with Crippen LogP contribution in [0.5, 0.6) is 0 Å². The zero-order chi connectivity index (χ0) is 14.7. The Hall–Kier alpha value is -2.10. The van der Waals surface area contributed by atoms with Crippen LogP contribution in [0.4, 0.5) is 5.82 Å². The molecule has 1 heterocycles. The first-order valence-electron chi connectivity index (χ1n) is 6.91. The van der Waals surface area contributed by atoms with Gasteiger partial charge in [0.2, 0.25) is 0 Å². The highest BCUT2D eigenvalue weighted by atomic mass is 16.1. The lowest BCUT2D eigenvalue weighted by atomic mass is 10.0. The number of pyridine rings is 1. The molecule has 0 fully saturated rings. The first-order chi connectivity index (χ1) is 9.52. The van der Waals surface area contributed by atoms with Crippen LogP contribution in [-0.2, 0) is 0 Å². The lowest BCUT2D eigenvalue weighted by Gasteiger charge is -2.18. The molecule has 1 aromatic heterocycles. The Bertz CT molecular complexity index is 622. The van der Waals surface area contributed by atoms with Gasteiger partial charge >= 0.3 is 0 Å². The van der Waals surface area contributed by atoms with Crippen molar-refractivity contribution >= 4 is 22.6 Å². The number of hydrogen-bond acceptors (Lipinski definition) is 3. The molecular weight excluding hydrogens is 250 g/mol. The minimum Gasteiger partial charge on any atom is -0.373 e. The normalized spacial score (nSPS) is 12.4. The van der Waals surface area contributed by atoms with Gasteiger partial charge in [-0.3, -0.25) is 4.79 Å². The fourth-order valence-corrected chi connectivity index (χ4v) is 1.94. The van der Waals surface area contributed by atoms with Crippen molar-refractivity contribution in [3.05, 3.63) is 35.9 Å². The van der Waals surface area contributed by atoms with Gasteiger partial charge in [-0.1, -0.05) is 32.0 Å². The number of carbonyl (C=O) groups is 1. The monoisotopic (exact) mass is 271 g/mol. The van der Waals surface area contributed by atoms with Crippen molar-refractivity contribution in [1.29, 1.82) is 0 Å². The van der Waals surface area contributed by atoms with Gasteiger partial charge in [0.25, 0.3) is 5.91 Å². The van der Waals surface area contributed by atoms with E-state index in [-0.39, 0.29) is 11.9 Å². The molecule has 0 saturated heterocycles. The molecule has 0 aliphatic carbocycles. The number of anilines is 1. The number of nitrogens with zero attached hydrogens (tertiary/aromatic N) is 1. The lowest BCUT2D eigenvalue weighted by Crippen LogP contribution is -2.36. The van der Waals surface area contributed by atoms with Gasteiger partial charge in [0.05, 0.1) is 11.1 Å². The van der Waals surface area contributed by atoms with Crippen LogP contribution < -0.4 is 10.6 Å². The van der Waals surface area contributed by atoms with Gasteiger partial charge in [-0.25, -0.2) is 4.98 Å². The van der Waals surface area contributed by atoms with Crippen molar-refractivity contribution in [2.75, 3.05) is 12.4 Å². The minimum atomic E-state index is -0.0544. The molecule has 0 aliphatic heterocycles. The third-order valence-corrected chi connectivity index (χ3v) is 3.58. The number of carbonyl (C=O) groups excluding carboxylic acids is 1. The molecule has 0 spiro atoms. The number of nitrogens with one attached hydrogen (secondary N) is 2. The van der Waals surface area contributed by atoms with Crippen LogP contribution in [0.3, 0.4) is 0 Å². The molecule has 1 amide bonds. The molecule has 1 aromatic carbocycles. The van der Waals surface area contributed by atoms with E-state index in [1.54, 1.807) is 13.1 Å². The summed E-state index contributed by atoms with van der Waals surface area (Å²) in [5.74, 6) is 1.04. The molecule has 4 nitrogen and oxygen atoms in total. The van der Waals surface area contributed by atoms with E-state index in [1.807, 2.05) is 31.2 Å². The number of benzene rings is 1. The minimum absolute atomic E-state index is 0.0544. The Morgan fingerprint density at radius 1 is 1.20 bits per heavy atom. The van der Waals surface area contributed by atoms with Gasteiger partial charge in [0, 0.05) is 18.5 Å². The molecule has 1 unspecified atom stereocenters. The van der Waals surface area contributed by atoms with E-state index in [1.165, 1.54) is 0 Å². The number of para-hydroxylation sites is 1. The molecule has 0 saturated carbocycles. The Morgan fingerprint density at radius 2 is 1.90 bits per heavy atom. The number of hydrogen-bond donors (Lipinski definition) is 2. The van der Waals surface area contributed by atoms with Crippen LogP contribution >= 0.6 is 0 Å². The maximum absolute atomic E-state index is 12.5. The smallest absolute Gasteiger partial charge is 0.252 e. The van der Waals surface area contributed by atoms with Crippen molar-refractivity contribution in [2.24, 2.45) is 5.92 Å². The van der Waals surface area contributed by atoms with Gasteiger partial charge < -0.3 is 10.6 Å². The average molecular weight is 271 g/mol. The maximum atomic E-state index is 12.5. The van der Waals surface area contributed by atoms with E-state index in [4.69, 9.17) is 0 Å². The highest BCUT2D eigenvalue weighted by molar-refractivity contribution is 6.07. The van der Waals surface area contributed by atoms with Crippen molar-refractivity contribution in [3.8, 4) is 0 Å². The molecule has 106 valence electrons. The number of amides is 1. The Balaban J connectivity index is 2.44. The predicted octanol–water partition coefficient (Wildman–Crippen LogP) is 3.05. The summed E-state index contributed by atoms with van der Waals surface area (Å²) in [6.45, 7) is 6.20. The second-order valence-electron chi connectivity index (χ2n) is 5.33. The molecule has 2 rings (SSSR count). The molecule has 1 atom stereocenters. The fraction of sp³-hybridized carbons (Fsp3) is 0.375. The third-order valence-electron chi connectivity index (χ3n) is 3.58. The van der Waals surface area contributed by atoms with E-state index in [0.717, 1.165) is 10.9 Å². The Kier molecular flexibility index (Phi) is 4.23. The Labute approximate surface area is 119 Å². The van der Waals surface area contributed by atoms with Gasteiger partial charge in [-0.15, -0.1) is 0 Å². The molecule has 2 N–H and O–H groups in total. The van der Waals surface area contributed by atoms with Crippen LogP contribution in [0.1, 0.15) is 31.1 Å². The zero-order valence-electron chi connectivity index (χ0n) is 12.4. The summed E-state index contributed by atoms with van der Waals surface area (Å²) in [5, 5.41) is 6.92. The van der Waals surface area contributed by atoms with Crippen molar-refractivity contribution < 1.29 is 4.79 Å². The highest BCUT2D eigenvalue weighted by Crippen LogP contribution is 2.20. The zero-order valence-corrected chi connectivity index (χ0v) is 12.4. The van der Waals surface area contributed by atoms with Gasteiger partial charge in [-0.2, -0.15) is 0 Å². The highest BCUT2D eigenvalue weighted by Gasteiger charge is 2.16. The van der Waals surface area contributed by atoms with E-state index in [0.29, 0.717) is 17.3 Å². The van der Waals surface area contributed by atoms with E-state index in [9.17, 15) is 4.79 Å². The molecule has 20 heavy (non-hydrogen) atoms. The quantitative estimate of drug-likeness (QED) is 0.898. The van der Waals surface area contributed by atoms with E-state index in [2.05, 4.69) is 29.5 Å². The van der Waals surface area contributed by atoms with E-state index >= 15 is 0 Å². The summed E-state index contributed by atoms with van der Waals surface area (Å²) in [6, 6.07) is 9.62. The molecular formula is C16H21N3O. The first-order valence-corrected chi connectivity index (χ1v) is 6.91. The third kappa shape index (κ3) is 2.90. The fourth-order valence-electron chi connectivity index (χ4n) is 1.94. The first kappa shape index (κ1) is 14.3. The van der Waals surface area contributed by atoms with Crippen LogP contribution in [0.25, 0.3) is 10.9 Å². The SMILES string of the molecule is CNc1cc(C(=O)NC(C)C(C)C)c2ccccc2n1. The maximum Gasteiger partial charge on any atom is 0.252 e. The van der Waals surface area contributed by atoms with Gasteiger partial charge in [0.1, 0.15) is 5.82 Å². The lowest BCUT2D eigenvalue weighted by molar-refractivity contribution is 0.0932. The van der Waals surface area contributed by atoms with Crippen LogP contribution in [-0.4, -0.2) is 24.0 Å². The standard InChI is InChI=1S/C16H21N3O/c1-10(2)11(3)18-16(20)13-9-15(17-4)19-14-8-6-5-7-12(13)14/h5-11H,1-4H3,(H,17,19)(H,18,20). The summed E-state index contributed by atoms with van der Waals surface area (Å²) in [5.41, 5.74) is 1.48. The largest absolute Gasteiger partial charge is 0.373 e. The summed E-state index contributed by atoms with van der Waals surface area (Å²) in [4.78, 5) is 16.9. The van der Waals surface area contributed by atoms with Crippen molar-refractivity contribution in [1.82, 2.24) is 10.3 Å². The molecule has 0 aliphatic rings. The predicted molar refractivity (Wildman–Crippen MR) is 83.1 cm³/mol. The number of aromatic nitrogens is 1. The molecule has 0 bridgehead atoms. The second-order valence-corrected chi connectivity index (χ2v) is 5.33. The summed E-state index contributed by atoms with van der Waals surface area (Å²) < 4.78 is 0. The average Bonchev–Trinajstić information content (AvgIpc) is 2.45. The van der Waals surface area contributed by atoms with Crippen LogP contribution in [0, 0.1) is 5.92 Å². The molecule has 4 heteroatoms. The van der Waals surface area contributed by atoms with Gasteiger partial charge in [-0.05, 0) is 25.0 Å². The number of fused-ring (bicyclic) bond motifs is 1. The van der Waals surface area contributed by atoms with E-state index < -0.39 is 0 Å². The summed E-state index contributed by atoms with van der Waals surface area (Å²) >= 11 is 0. The second kappa shape index (κ2) is 5.90. The van der Waals surface area contributed by atoms with Crippen molar-refractivity contribution in [3.63, 3.8) is 0 Å². The van der Waals surface area contributed by atoms with Crippen LogP contribution in [0.15, 0.2) is 30.3 Å². The molecule has 0 radical (unpaired) electrons. The summed E-state index contributed by atoms with van der Waals surface area (Å²) in [7, 11) is 1.80. The van der Waals surface area contributed by atoms with Crippen LogP contribution in [0.2, 0.25) is 0 Å². The topological polar surface area (TPSA) is 54.0 Å². The molecule has 2 aromatic rings. The Morgan fingerprint density at radius 3 is 2.55 bits per heavy atom. The summed E-state index contributed by atoms with van der Waals surface area (Å²) in [6.07, 6.45) is 0. The number of rotatable bonds is 4.